The summed E-state index contributed by atoms with van der Waals surface area (Å²) in [5.41, 5.74) is 4.59. The number of benzene rings is 1. The topological polar surface area (TPSA) is 82.3 Å². The number of fused-ring (bicyclic) bond motifs is 5. The Hall–Kier alpha value is -2.72. The average molecular weight is 496 g/mol. The van der Waals surface area contributed by atoms with Crippen molar-refractivity contribution in [3.8, 4) is 16.2 Å². The number of aromatic nitrogens is 4. The number of halogens is 1. The summed E-state index contributed by atoms with van der Waals surface area (Å²) in [5, 5.41) is 19.2. The number of phenolic OH excluding ortho intramolecular Hbond substituents is 1. The first kappa shape index (κ1) is 21.8. The van der Waals surface area contributed by atoms with E-state index in [0.717, 1.165) is 73.8 Å². The largest absolute Gasteiger partial charge is 0.506 e. The summed E-state index contributed by atoms with van der Waals surface area (Å²) < 4.78 is 2.20. The van der Waals surface area contributed by atoms with Gasteiger partial charge in [0, 0.05) is 54.5 Å². The van der Waals surface area contributed by atoms with E-state index < -0.39 is 0 Å². The van der Waals surface area contributed by atoms with Crippen LogP contribution in [0.25, 0.3) is 20.7 Å². The predicted molar refractivity (Wildman–Crippen MR) is 136 cm³/mol. The molecular formula is C24H26ClN7OS. The van der Waals surface area contributed by atoms with Crippen molar-refractivity contribution < 1.29 is 5.11 Å². The third kappa shape index (κ3) is 3.92. The number of thiophene rings is 1. The minimum Gasteiger partial charge on any atom is -0.506 e. The lowest BCUT2D eigenvalue weighted by atomic mass is 9.95. The van der Waals surface area contributed by atoms with Crippen molar-refractivity contribution in [1.82, 2.24) is 29.5 Å². The molecule has 0 amide bonds. The molecule has 1 saturated heterocycles. The number of piperazine rings is 1. The van der Waals surface area contributed by atoms with Crippen LogP contribution >= 0.6 is 22.9 Å². The molecule has 0 unspecified atom stereocenters. The van der Waals surface area contributed by atoms with Gasteiger partial charge >= 0.3 is 0 Å². The number of anilines is 2. The molecule has 1 aromatic carbocycles. The second-order valence-corrected chi connectivity index (χ2v) is 10.4. The molecule has 34 heavy (non-hydrogen) atoms. The van der Waals surface area contributed by atoms with Gasteiger partial charge < -0.3 is 15.3 Å². The number of rotatable bonds is 5. The standard InChI is InChI=1S/C24H26ClN7OS/c1-30-6-8-31(9-7-30)10-11-32-19-4-3-16-21-23(29-15-2-5-20(33)18(25)12-15)26-14-27-24(21)34-22(16)17(19)13-28-32/h2,5,12-14,33H,3-4,6-11H2,1H3,(H,26,27,29). The van der Waals surface area contributed by atoms with Gasteiger partial charge in [-0.3, -0.25) is 9.58 Å². The van der Waals surface area contributed by atoms with E-state index in [2.05, 4.69) is 36.8 Å². The maximum atomic E-state index is 9.73. The molecule has 1 fully saturated rings. The van der Waals surface area contributed by atoms with Crippen LogP contribution in [0.5, 0.6) is 5.75 Å². The number of nitrogens with zero attached hydrogens (tertiary/aromatic N) is 6. The molecular weight excluding hydrogens is 470 g/mol. The zero-order valence-electron chi connectivity index (χ0n) is 19.0. The van der Waals surface area contributed by atoms with Crippen LogP contribution in [0.3, 0.4) is 0 Å². The number of likely N-dealkylation sites (N-methyl/N-ethyl adjacent to an activating group) is 1. The van der Waals surface area contributed by atoms with E-state index in [1.807, 2.05) is 6.20 Å². The molecule has 0 radical (unpaired) electrons. The Morgan fingerprint density at radius 2 is 1.97 bits per heavy atom. The lowest BCUT2D eigenvalue weighted by molar-refractivity contribution is 0.148. The molecule has 3 aromatic heterocycles. The van der Waals surface area contributed by atoms with E-state index in [1.54, 1.807) is 35.9 Å². The van der Waals surface area contributed by atoms with Crippen molar-refractivity contribution in [3.05, 3.63) is 47.0 Å². The van der Waals surface area contributed by atoms with Crippen molar-refractivity contribution in [2.45, 2.75) is 19.4 Å². The molecule has 0 bridgehead atoms. The summed E-state index contributed by atoms with van der Waals surface area (Å²) >= 11 is 7.80. The van der Waals surface area contributed by atoms with Gasteiger partial charge in [-0.25, -0.2) is 9.97 Å². The molecule has 4 aromatic rings. The Labute approximate surface area is 206 Å². The van der Waals surface area contributed by atoms with Crippen molar-refractivity contribution in [3.63, 3.8) is 0 Å². The van der Waals surface area contributed by atoms with E-state index >= 15 is 0 Å². The fraction of sp³-hybridized carbons (Fsp3) is 0.375. The highest BCUT2D eigenvalue weighted by Gasteiger charge is 2.27. The third-order valence-corrected chi connectivity index (χ3v) is 8.30. The van der Waals surface area contributed by atoms with Crippen molar-refractivity contribution in [2.75, 3.05) is 45.1 Å². The minimum absolute atomic E-state index is 0.0603. The van der Waals surface area contributed by atoms with Gasteiger partial charge in [0.25, 0.3) is 0 Å². The average Bonchev–Trinajstić information content (AvgIpc) is 3.43. The Bertz CT molecular complexity index is 1360. The minimum atomic E-state index is 0.0603. The molecule has 0 atom stereocenters. The molecule has 1 aliphatic carbocycles. The van der Waals surface area contributed by atoms with Gasteiger partial charge in [0.1, 0.15) is 22.7 Å². The van der Waals surface area contributed by atoms with Crippen molar-refractivity contribution in [2.24, 2.45) is 0 Å². The Balaban J connectivity index is 1.29. The third-order valence-electron chi connectivity index (χ3n) is 6.83. The first-order valence-electron chi connectivity index (χ1n) is 11.5. The first-order valence-corrected chi connectivity index (χ1v) is 12.7. The number of aromatic hydroxyl groups is 1. The predicted octanol–water partition coefficient (Wildman–Crippen LogP) is 4.00. The maximum absolute atomic E-state index is 9.73. The highest BCUT2D eigenvalue weighted by molar-refractivity contribution is 7.22. The molecule has 8 nitrogen and oxygen atoms in total. The van der Waals surface area contributed by atoms with Gasteiger partial charge in [-0.05, 0) is 43.7 Å². The van der Waals surface area contributed by atoms with Gasteiger partial charge in [-0.2, -0.15) is 5.10 Å². The summed E-state index contributed by atoms with van der Waals surface area (Å²) in [4.78, 5) is 16.2. The Morgan fingerprint density at radius 1 is 1.12 bits per heavy atom. The van der Waals surface area contributed by atoms with Crippen molar-refractivity contribution in [1.29, 1.82) is 0 Å². The van der Waals surface area contributed by atoms with Gasteiger partial charge in [0.15, 0.2) is 0 Å². The van der Waals surface area contributed by atoms with Gasteiger partial charge in [0.2, 0.25) is 0 Å². The van der Waals surface area contributed by atoms with Gasteiger partial charge in [0.05, 0.1) is 23.2 Å². The molecule has 176 valence electrons. The second kappa shape index (κ2) is 8.81. The zero-order valence-corrected chi connectivity index (χ0v) is 20.5. The highest BCUT2D eigenvalue weighted by atomic mass is 35.5. The van der Waals surface area contributed by atoms with Crippen LogP contribution in [0.2, 0.25) is 5.02 Å². The van der Waals surface area contributed by atoms with E-state index in [-0.39, 0.29) is 5.75 Å². The lowest BCUT2D eigenvalue weighted by Gasteiger charge is -2.32. The molecule has 6 rings (SSSR count). The fourth-order valence-electron chi connectivity index (χ4n) is 4.87. The highest BCUT2D eigenvalue weighted by Crippen LogP contribution is 2.45. The normalized spacial score (nSPS) is 16.5. The van der Waals surface area contributed by atoms with E-state index in [0.29, 0.717) is 5.02 Å². The van der Waals surface area contributed by atoms with E-state index in [4.69, 9.17) is 16.7 Å². The van der Waals surface area contributed by atoms with Crippen LogP contribution < -0.4 is 5.32 Å². The lowest BCUT2D eigenvalue weighted by Crippen LogP contribution is -2.45. The molecule has 10 heteroatoms. The van der Waals surface area contributed by atoms with Crippen LogP contribution in [-0.4, -0.2) is 74.4 Å². The molecule has 1 aliphatic heterocycles. The number of aryl methyl sites for hydroxylation is 1. The molecule has 0 saturated carbocycles. The summed E-state index contributed by atoms with van der Waals surface area (Å²) in [7, 11) is 2.19. The number of nitrogens with one attached hydrogen (secondary N) is 1. The van der Waals surface area contributed by atoms with Gasteiger partial charge in [-0.1, -0.05) is 11.6 Å². The molecule has 2 N–H and O–H groups in total. The molecule has 4 heterocycles. The molecule has 0 spiro atoms. The Kier molecular flexibility index (Phi) is 5.65. The molecule has 2 aliphatic rings. The van der Waals surface area contributed by atoms with Crippen LogP contribution in [0.15, 0.2) is 30.7 Å². The Morgan fingerprint density at radius 3 is 2.79 bits per heavy atom. The smallest absolute Gasteiger partial charge is 0.142 e. The summed E-state index contributed by atoms with van der Waals surface area (Å²) in [6, 6.07) is 5.07. The zero-order chi connectivity index (χ0) is 23.2. The second-order valence-electron chi connectivity index (χ2n) is 8.98. The van der Waals surface area contributed by atoms with Crippen molar-refractivity contribution >= 4 is 44.7 Å². The van der Waals surface area contributed by atoms with Crippen LogP contribution in [0.4, 0.5) is 11.5 Å². The van der Waals surface area contributed by atoms with Crippen LogP contribution in [0, 0.1) is 0 Å². The monoisotopic (exact) mass is 495 g/mol. The maximum Gasteiger partial charge on any atom is 0.142 e. The summed E-state index contributed by atoms with van der Waals surface area (Å²) in [6.45, 7) is 6.48. The summed E-state index contributed by atoms with van der Waals surface area (Å²) in [6.07, 6.45) is 5.50. The number of hydrogen-bond donors (Lipinski definition) is 2. The fourth-order valence-corrected chi connectivity index (χ4v) is 6.27. The first-order chi connectivity index (χ1) is 16.6. The SMILES string of the molecule is CN1CCN(CCn2ncc3c2CCc2c-3sc3ncnc(Nc4ccc(O)c(Cl)c4)c23)CC1. The van der Waals surface area contributed by atoms with Gasteiger partial charge in [-0.15, -0.1) is 11.3 Å². The summed E-state index contributed by atoms with van der Waals surface area (Å²) in [5.74, 6) is 0.820. The van der Waals surface area contributed by atoms with E-state index in [1.165, 1.54) is 21.7 Å². The number of hydrogen-bond acceptors (Lipinski definition) is 8. The number of phenols is 1. The quantitative estimate of drug-likeness (QED) is 0.405. The van der Waals surface area contributed by atoms with Crippen LogP contribution in [0.1, 0.15) is 11.3 Å². The van der Waals surface area contributed by atoms with E-state index in [9.17, 15) is 5.11 Å². The van der Waals surface area contributed by atoms with Crippen LogP contribution in [-0.2, 0) is 19.4 Å².